The second-order valence-electron chi connectivity index (χ2n) is 6.17. The summed E-state index contributed by atoms with van der Waals surface area (Å²) >= 11 is 3.43. The standard InChI is InChI=1S/C20H14BrFN4O/c1-11-17-18(12-2-4-13(21)5-3-12)16(10-23)19(24)27-20(17)26(25-11)15-8-6-14(22)7-9-15/h2-9,18H,24H2,1H3. The van der Waals surface area contributed by atoms with Crippen molar-refractivity contribution in [1.29, 1.82) is 5.26 Å². The number of ether oxygens (including phenoxy) is 1. The molecule has 27 heavy (non-hydrogen) atoms. The summed E-state index contributed by atoms with van der Waals surface area (Å²) in [5, 5.41) is 14.2. The fourth-order valence-electron chi connectivity index (χ4n) is 3.26. The van der Waals surface area contributed by atoms with E-state index < -0.39 is 0 Å². The SMILES string of the molecule is Cc1nn(-c2ccc(F)cc2)c2c1C(c1ccc(Br)cc1)C(C#N)=C(N)O2. The number of rotatable bonds is 2. The summed E-state index contributed by atoms with van der Waals surface area (Å²) in [6.45, 7) is 1.85. The number of aryl methyl sites for hydroxylation is 1. The van der Waals surface area contributed by atoms with Gasteiger partial charge in [0.2, 0.25) is 11.8 Å². The normalized spacial score (nSPS) is 15.9. The number of nitrogens with two attached hydrogens (primary N) is 1. The molecule has 1 aromatic heterocycles. The van der Waals surface area contributed by atoms with Crippen LogP contribution in [0.1, 0.15) is 22.7 Å². The van der Waals surface area contributed by atoms with E-state index in [2.05, 4.69) is 27.1 Å². The van der Waals surface area contributed by atoms with Crippen molar-refractivity contribution in [2.45, 2.75) is 12.8 Å². The molecule has 0 spiro atoms. The molecule has 7 heteroatoms. The van der Waals surface area contributed by atoms with Crippen LogP contribution in [0.3, 0.4) is 0 Å². The molecule has 0 bridgehead atoms. The van der Waals surface area contributed by atoms with Crippen molar-refractivity contribution in [3.05, 3.63) is 87.1 Å². The number of hydrogen-bond acceptors (Lipinski definition) is 4. The summed E-state index contributed by atoms with van der Waals surface area (Å²) in [7, 11) is 0. The van der Waals surface area contributed by atoms with Gasteiger partial charge in [-0.15, -0.1) is 0 Å². The average Bonchev–Trinajstić information content (AvgIpc) is 2.98. The summed E-state index contributed by atoms with van der Waals surface area (Å²) in [5.41, 5.74) is 9.44. The minimum Gasteiger partial charge on any atom is -0.422 e. The number of aromatic nitrogens is 2. The molecule has 3 aromatic rings. The molecular formula is C20H14BrFN4O. The average molecular weight is 425 g/mol. The van der Waals surface area contributed by atoms with Gasteiger partial charge in [-0.2, -0.15) is 10.4 Å². The number of allylic oxidation sites excluding steroid dienone is 1. The lowest BCUT2D eigenvalue weighted by atomic mass is 9.84. The maximum Gasteiger partial charge on any atom is 0.229 e. The maximum atomic E-state index is 13.3. The summed E-state index contributed by atoms with van der Waals surface area (Å²) in [5.74, 6) is -0.248. The summed E-state index contributed by atoms with van der Waals surface area (Å²) in [6, 6.07) is 15.8. The minimum atomic E-state index is -0.388. The number of nitrogens with zero attached hydrogens (tertiary/aromatic N) is 3. The highest BCUT2D eigenvalue weighted by molar-refractivity contribution is 9.10. The van der Waals surface area contributed by atoms with Gasteiger partial charge in [-0.25, -0.2) is 9.07 Å². The van der Waals surface area contributed by atoms with Crippen molar-refractivity contribution in [3.8, 4) is 17.6 Å². The van der Waals surface area contributed by atoms with Gasteiger partial charge in [0.1, 0.15) is 17.5 Å². The van der Waals surface area contributed by atoms with Gasteiger partial charge >= 0.3 is 0 Å². The summed E-state index contributed by atoms with van der Waals surface area (Å²) < 4.78 is 21.6. The van der Waals surface area contributed by atoms with E-state index in [9.17, 15) is 9.65 Å². The Hall–Kier alpha value is -3.11. The molecular weight excluding hydrogens is 411 g/mol. The fourth-order valence-corrected chi connectivity index (χ4v) is 3.52. The second kappa shape index (κ2) is 6.56. The lowest BCUT2D eigenvalue weighted by Gasteiger charge is -2.25. The Morgan fingerprint density at radius 2 is 1.85 bits per heavy atom. The Bertz CT molecular complexity index is 1090. The summed E-state index contributed by atoms with van der Waals surface area (Å²) in [4.78, 5) is 0. The first-order valence-corrected chi connectivity index (χ1v) is 8.97. The Balaban J connectivity index is 1.93. The smallest absolute Gasteiger partial charge is 0.229 e. The molecule has 0 radical (unpaired) electrons. The van der Waals surface area contributed by atoms with E-state index in [1.807, 2.05) is 31.2 Å². The van der Waals surface area contributed by atoms with Crippen molar-refractivity contribution in [2.24, 2.45) is 5.73 Å². The van der Waals surface area contributed by atoms with Crippen LogP contribution in [0.15, 0.2) is 64.5 Å². The molecule has 4 rings (SSSR count). The quantitative estimate of drug-likeness (QED) is 0.664. The Morgan fingerprint density at radius 3 is 2.48 bits per heavy atom. The van der Waals surface area contributed by atoms with E-state index in [-0.39, 0.29) is 17.6 Å². The molecule has 0 saturated carbocycles. The monoisotopic (exact) mass is 424 g/mol. The maximum absolute atomic E-state index is 13.3. The predicted molar refractivity (Wildman–Crippen MR) is 102 cm³/mol. The van der Waals surface area contributed by atoms with E-state index in [4.69, 9.17) is 10.5 Å². The molecule has 1 aliphatic rings. The van der Waals surface area contributed by atoms with E-state index in [0.29, 0.717) is 22.8 Å². The third-order valence-electron chi connectivity index (χ3n) is 4.51. The van der Waals surface area contributed by atoms with Crippen molar-refractivity contribution in [1.82, 2.24) is 9.78 Å². The zero-order chi connectivity index (χ0) is 19.1. The minimum absolute atomic E-state index is 0.0428. The molecule has 2 N–H and O–H groups in total. The second-order valence-corrected chi connectivity index (χ2v) is 7.08. The molecule has 0 saturated heterocycles. The molecule has 1 atom stereocenters. The van der Waals surface area contributed by atoms with Gasteiger partial charge in [0, 0.05) is 4.47 Å². The first-order valence-electron chi connectivity index (χ1n) is 8.18. The number of benzene rings is 2. The van der Waals surface area contributed by atoms with Crippen LogP contribution in [0.2, 0.25) is 0 Å². The topological polar surface area (TPSA) is 76.9 Å². The van der Waals surface area contributed by atoms with Crippen LogP contribution in [-0.2, 0) is 0 Å². The fraction of sp³-hybridized carbons (Fsp3) is 0.100. The number of hydrogen-bond donors (Lipinski definition) is 1. The van der Waals surface area contributed by atoms with Gasteiger partial charge in [0.05, 0.1) is 22.9 Å². The number of fused-ring (bicyclic) bond motifs is 1. The van der Waals surface area contributed by atoms with Gasteiger partial charge in [-0.1, -0.05) is 28.1 Å². The van der Waals surface area contributed by atoms with E-state index >= 15 is 0 Å². The molecule has 5 nitrogen and oxygen atoms in total. The largest absolute Gasteiger partial charge is 0.422 e. The van der Waals surface area contributed by atoms with Crippen LogP contribution in [0.4, 0.5) is 4.39 Å². The van der Waals surface area contributed by atoms with E-state index in [0.717, 1.165) is 15.6 Å². The van der Waals surface area contributed by atoms with Crippen LogP contribution in [0.25, 0.3) is 5.69 Å². The highest BCUT2D eigenvalue weighted by Crippen LogP contribution is 2.44. The Morgan fingerprint density at radius 1 is 1.19 bits per heavy atom. The zero-order valence-corrected chi connectivity index (χ0v) is 15.9. The third-order valence-corrected chi connectivity index (χ3v) is 5.04. The van der Waals surface area contributed by atoms with Gasteiger partial charge in [0.25, 0.3) is 0 Å². The molecule has 134 valence electrons. The number of nitriles is 1. The molecule has 1 aliphatic heterocycles. The van der Waals surface area contributed by atoms with Crippen molar-refractivity contribution in [3.63, 3.8) is 0 Å². The van der Waals surface area contributed by atoms with E-state index in [1.54, 1.807) is 16.8 Å². The van der Waals surface area contributed by atoms with Gasteiger partial charge < -0.3 is 10.5 Å². The lowest BCUT2D eigenvalue weighted by molar-refractivity contribution is 0.367. The molecule has 1 unspecified atom stereocenters. The van der Waals surface area contributed by atoms with Gasteiger partial charge in [-0.3, -0.25) is 0 Å². The Labute approximate surface area is 163 Å². The van der Waals surface area contributed by atoms with Crippen molar-refractivity contribution in [2.75, 3.05) is 0 Å². The highest BCUT2D eigenvalue weighted by Gasteiger charge is 2.36. The van der Waals surface area contributed by atoms with Crippen molar-refractivity contribution >= 4 is 15.9 Å². The lowest BCUT2D eigenvalue weighted by Crippen LogP contribution is -2.22. The molecule has 0 amide bonds. The first-order chi connectivity index (χ1) is 13.0. The molecule has 0 aliphatic carbocycles. The molecule has 2 aromatic carbocycles. The van der Waals surface area contributed by atoms with Crippen LogP contribution in [0.5, 0.6) is 5.88 Å². The summed E-state index contributed by atoms with van der Waals surface area (Å²) in [6.07, 6.45) is 0. The Kier molecular flexibility index (Phi) is 4.21. The van der Waals surface area contributed by atoms with E-state index in [1.165, 1.54) is 12.1 Å². The third kappa shape index (κ3) is 2.88. The van der Waals surface area contributed by atoms with Crippen LogP contribution < -0.4 is 10.5 Å². The number of halogens is 2. The molecule has 2 heterocycles. The van der Waals surface area contributed by atoms with Crippen LogP contribution >= 0.6 is 15.9 Å². The van der Waals surface area contributed by atoms with Crippen LogP contribution in [0, 0.1) is 24.1 Å². The van der Waals surface area contributed by atoms with Crippen LogP contribution in [-0.4, -0.2) is 9.78 Å². The van der Waals surface area contributed by atoms with Crippen molar-refractivity contribution < 1.29 is 9.13 Å². The van der Waals surface area contributed by atoms with Gasteiger partial charge in [-0.05, 0) is 48.9 Å². The predicted octanol–water partition coefficient (Wildman–Crippen LogP) is 4.30. The first kappa shape index (κ1) is 17.3. The highest BCUT2D eigenvalue weighted by atomic mass is 79.9. The molecule has 0 fully saturated rings. The zero-order valence-electron chi connectivity index (χ0n) is 14.3. The van der Waals surface area contributed by atoms with Gasteiger partial charge in [0.15, 0.2) is 0 Å².